The third kappa shape index (κ3) is 3.84. The summed E-state index contributed by atoms with van der Waals surface area (Å²) in [6.45, 7) is 2.27. The Morgan fingerprint density at radius 2 is 2.04 bits per heavy atom. The number of nitrogens with one attached hydrogen (secondary N) is 1. The number of aliphatic hydroxyl groups excluding tert-OH is 1. The minimum atomic E-state index is -0.166. The maximum Gasteiger partial charge on any atom is 0.322 e. The van der Waals surface area contributed by atoms with Crippen molar-refractivity contribution in [2.24, 2.45) is 0 Å². The van der Waals surface area contributed by atoms with Crippen LogP contribution in [0.1, 0.15) is 18.5 Å². The highest BCUT2D eigenvalue weighted by Gasteiger charge is 2.32. The zero-order valence-electron chi connectivity index (χ0n) is 13.1. The largest absolute Gasteiger partial charge is 0.395 e. The van der Waals surface area contributed by atoms with Gasteiger partial charge in [-0.15, -0.1) is 0 Å². The minimum absolute atomic E-state index is 0.0203. The minimum Gasteiger partial charge on any atom is -0.395 e. The molecule has 2 amide bonds. The first-order chi connectivity index (χ1) is 11.2. The van der Waals surface area contributed by atoms with Crippen LogP contribution in [0.2, 0.25) is 0 Å². The van der Waals surface area contributed by atoms with E-state index in [1.807, 2.05) is 37.3 Å². The molecule has 1 aromatic carbocycles. The Morgan fingerprint density at radius 1 is 1.30 bits per heavy atom. The van der Waals surface area contributed by atoms with Gasteiger partial charge in [-0.2, -0.15) is 0 Å². The number of carbonyl (C=O) groups excluding carboxylic acids is 1. The monoisotopic (exact) mass is 312 g/mol. The van der Waals surface area contributed by atoms with Crippen molar-refractivity contribution in [1.82, 2.24) is 14.9 Å². The highest BCUT2D eigenvalue weighted by atomic mass is 16.3. The number of nitrogens with zero attached hydrogens (tertiary/aromatic N) is 3. The number of carbonyl (C=O) groups is 1. The zero-order valence-corrected chi connectivity index (χ0v) is 13.1. The van der Waals surface area contributed by atoms with Gasteiger partial charge in [0.25, 0.3) is 0 Å². The van der Waals surface area contributed by atoms with E-state index in [0.717, 1.165) is 29.8 Å². The van der Waals surface area contributed by atoms with E-state index in [1.165, 1.54) is 0 Å². The van der Waals surface area contributed by atoms with Crippen LogP contribution in [0.3, 0.4) is 0 Å². The molecule has 1 aliphatic rings. The van der Waals surface area contributed by atoms with E-state index in [9.17, 15) is 4.79 Å². The van der Waals surface area contributed by atoms with Gasteiger partial charge < -0.3 is 15.3 Å². The molecule has 1 fully saturated rings. The van der Waals surface area contributed by atoms with Crippen molar-refractivity contribution in [3.63, 3.8) is 0 Å². The van der Waals surface area contributed by atoms with Gasteiger partial charge in [0.1, 0.15) is 0 Å². The third-order valence-electron chi connectivity index (χ3n) is 3.78. The predicted molar refractivity (Wildman–Crippen MR) is 88.0 cm³/mol. The Labute approximate surface area is 135 Å². The van der Waals surface area contributed by atoms with Gasteiger partial charge >= 0.3 is 6.03 Å². The van der Waals surface area contributed by atoms with Gasteiger partial charge in [0.15, 0.2) is 5.82 Å². The molecule has 6 heteroatoms. The summed E-state index contributed by atoms with van der Waals surface area (Å²) >= 11 is 0. The third-order valence-corrected chi connectivity index (χ3v) is 3.78. The van der Waals surface area contributed by atoms with Crippen molar-refractivity contribution in [3.8, 4) is 11.4 Å². The first kappa shape index (κ1) is 15.4. The van der Waals surface area contributed by atoms with Crippen molar-refractivity contribution < 1.29 is 9.90 Å². The fourth-order valence-corrected chi connectivity index (χ4v) is 2.43. The van der Waals surface area contributed by atoms with Crippen molar-refractivity contribution in [2.45, 2.75) is 25.8 Å². The van der Waals surface area contributed by atoms with E-state index in [4.69, 9.17) is 5.11 Å². The average Bonchev–Trinajstić information content (AvgIpc) is 3.38. The molecular weight excluding hydrogens is 292 g/mol. The molecular formula is C17H20N4O2. The maximum atomic E-state index is 12.3. The number of amides is 2. The number of urea groups is 1. The van der Waals surface area contributed by atoms with Gasteiger partial charge in [-0.3, -0.25) is 0 Å². The summed E-state index contributed by atoms with van der Waals surface area (Å²) in [5.74, 6) is 0.669. The molecule has 0 saturated heterocycles. The Balaban J connectivity index is 1.68. The second-order valence-electron chi connectivity index (χ2n) is 5.68. The number of hydrogen-bond donors (Lipinski definition) is 2. The molecule has 0 bridgehead atoms. The Bertz CT molecular complexity index is 683. The predicted octanol–water partition coefficient (Wildman–Crippen LogP) is 2.44. The Morgan fingerprint density at radius 3 is 2.65 bits per heavy atom. The van der Waals surface area contributed by atoms with Gasteiger partial charge in [0.05, 0.1) is 6.61 Å². The van der Waals surface area contributed by atoms with Gasteiger partial charge in [0, 0.05) is 35.7 Å². The second kappa shape index (κ2) is 6.75. The molecule has 1 aromatic heterocycles. The van der Waals surface area contributed by atoms with Crippen LogP contribution in [0.25, 0.3) is 11.4 Å². The molecule has 0 radical (unpaired) electrons. The van der Waals surface area contributed by atoms with E-state index in [2.05, 4.69) is 15.3 Å². The van der Waals surface area contributed by atoms with Crippen molar-refractivity contribution in [3.05, 3.63) is 42.2 Å². The number of aromatic nitrogens is 2. The summed E-state index contributed by atoms with van der Waals surface area (Å²) in [4.78, 5) is 22.6. The lowest BCUT2D eigenvalue weighted by atomic mass is 10.2. The summed E-state index contributed by atoms with van der Waals surface area (Å²) in [7, 11) is 0. The molecule has 6 nitrogen and oxygen atoms in total. The number of anilines is 1. The number of benzene rings is 1. The van der Waals surface area contributed by atoms with E-state index in [0.29, 0.717) is 12.4 Å². The molecule has 0 unspecified atom stereocenters. The normalized spacial score (nSPS) is 13.7. The second-order valence-corrected chi connectivity index (χ2v) is 5.68. The first-order valence-corrected chi connectivity index (χ1v) is 7.76. The highest BCUT2D eigenvalue weighted by molar-refractivity contribution is 5.90. The lowest BCUT2D eigenvalue weighted by molar-refractivity contribution is 0.185. The van der Waals surface area contributed by atoms with Crippen LogP contribution in [0.4, 0.5) is 10.5 Å². The topological polar surface area (TPSA) is 78.4 Å². The molecule has 2 aromatic rings. The zero-order chi connectivity index (χ0) is 16.2. The first-order valence-electron chi connectivity index (χ1n) is 7.76. The van der Waals surface area contributed by atoms with Gasteiger partial charge in [-0.25, -0.2) is 14.8 Å². The highest BCUT2D eigenvalue weighted by Crippen LogP contribution is 2.27. The summed E-state index contributed by atoms with van der Waals surface area (Å²) in [5, 5.41) is 12.0. The fourth-order valence-electron chi connectivity index (χ4n) is 2.43. The molecule has 120 valence electrons. The number of rotatable bonds is 5. The SMILES string of the molecule is Cc1ccnc(-c2ccc(NC(=O)N(CCO)C3CC3)cc2)n1. The molecule has 1 aliphatic carbocycles. The van der Waals surface area contributed by atoms with Gasteiger partial charge in [0.2, 0.25) is 0 Å². The van der Waals surface area contributed by atoms with Gasteiger partial charge in [-0.1, -0.05) is 0 Å². The molecule has 3 rings (SSSR count). The lowest BCUT2D eigenvalue weighted by Gasteiger charge is -2.21. The lowest BCUT2D eigenvalue weighted by Crippen LogP contribution is -2.38. The summed E-state index contributed by atoms with van der Waals surface area (Å²) in [6, 6.07) is 9.40. The summed E-state index contributed by atoms with van der Waals surface area (Å²) < 4.78 is 0. The van der Waals surface area contributed by atoms with E-state index in [-0.39, 0.29) is 18.7 Å². The molecule has 1 heterocycles. The Kier molecular flexibility index (Phi) is 4.52. The summed E-state index contributed by atoms with van der Waals surface area (Å²) in [5.41, 5.74) is 2.53. The van der Waals surface area contributed by atoms with Gasteiger partial charge in [-0.05, 0) is 50.1 Å². The standard InChI is InChI=1S/C17H20N4O2/c1-12-8-9-18-16(19-12)13-2-4-14(5-3-13)20-17(23)21(10-11-22)15-6-7-15/h2-5,8-9,15,22H,6-7,10-11H2,1H3,(H,20,23). The van der Waals surface area contributed by atoms with E-state index < -0.39 is 0 Å². The molecule has 0 spiro atoms. The Hall–Kier alpha value is -2.47. The smallest absolute Gasteiger partial charge is 0.322 e. The fraction of sp³-hybridized carbons (Fsp3) is 0.353. The number of aliphatic hydroxyl groups is 1. The number of hydrogen-bond acceptors (Lipinski definition) is 4. The van der Waals surface area contributed by atoms with E-state index in [1.54, 1.807) is 11.1 Å². The molecule has 0 atom stereocenters. The maximum absolute atomic E-state index is 12.3. The number of aryl methyl sites for hydroxylation is 1. The molecule has 1 saturated carbocycles. The summed E-state index contributed by atoms with van der Waals surface area (Å²) in [6.07, 6.45) is 3.75. The van der Waals surface area contributed by atoms with Crippen LogP contribution in [-0.2, 0) is 0 Å². The molecule has 0 aliphatic heterocycles. The van der Waals surface area contributed by atoms with Crippen LogP contribution in [0, 0.1) is 6.92 Å². The van der Waals surface area contributed by atoms with Crippen LogP contribution in [-0.4, -0.2) is 45.2 Å². The average molecular weight is 312 g/mol. The quantitative estimate of drug-likeness (QED) is 0.889. The van der Waals surface area contributed by atoms with Crippen LogP contribution in [0.5, 0.6) is 0 Å². The van der Waals surface area contributed by atoms with Crippen molar-refractivity contribution in [1.29, 1.82) is 0 Å². The van der Waals surface area contributed by atoms with Crippen LogP contribution >= 0.6 is 0 Å². The molecule has 2 N–H and O–H groups in total. The van der Waals surface area contributed by atoms with Crippen molar-refractivity contribution in [2.75, 3.05) is 18.5 Å². The van der Waals surface area contributed by atoms with Crippen molar-refractivity contribution >= 4 is 11.7 Å². The molecule has 23 heavy (non-hydrogen) atoms. The van der Waals surface area contributed by atoms with E-state index >= 15 is 0 Å². The van der Waals surface area contributed by atoms with Crippen LogP contribution in [0.15, 0.2) is 36.5 Å². The van der Waals surface area contributed by atoms with Crippen LogP contribution < -0.4 is 5.32 Å².